The van der Waals surface area contributed by atoms with Gasteiger partial charge in [-0.15, -0.1) is 0 Å². The maximum atomic E-state index is 13.1. The SMILES string of the molecule is CC(c1ccc(F)cc1)N(O)CCC(c1ccccc1)c1ccccc1. The first-order chi connectivity index (χ1) is 12.6. The van der Waals surface area contributed by atoms with Crippen LogP contribution in [0.15, 0.2) is 84.9 Å². The number of hydrogen-bond donors (Lipinski definition) is 1. The topological polar surface area (TPSA) is 23.5 Å². The lowest BCUT2D eigenvalue weighted by Gasteiger charge is -2.26. The third-order valence-corrected chi connectivity index (χ3v) is 4.85. The van der Waals surface area contributed by atoms with Crippen molar-refractivity contribution in [3.63, 3.8) is 0 Å². The minimum Gasteiger partial charge on any atom is -0.313 e. The number of hydroxylamine groups is 2. The standard InChI is InChI=1S/C23H24FNO/c1-18(19-12-14-22(24)15-13-19)25(26)17-16-23(20-8-4-2-5-9-20)21-10-6-3-7-11-21/h2-15,18,23,26H,16-17H2,1H3. The van der Waals surface area contributed by atoms with Crippen LogP contribution in [0.25, 0.3) is 0 Å². The molecule has 1 N–H and O–H groups in total. The molecule has 26 heavy (non-hydrogen) atoms. The monoisotopic (exact) mass is 349 g/mol. The first-order valence-corrected chi connectivity index (χ1v) is 8.96. The summed E-state index contributed by atoms with van der Waals surface area (Å²) in [4.78, 5) is 0. The van der Waals surface area contributed by atoms with Crippen LogP contribution in [-0.4, -0.2) is 16.8 Å². The van der Waals surface area contributed by atoms with Crippen LogP contribution < -0.4 is 0 Å². The van der Waals surface area contributed by atoms with Crippen molar-refractivity contribution in [2.45, 2.75) is 25.3 Å². The zero-order valence-electron chi connectivity index (χ0n) is 14.9. The Kier molecular flexibility index (Phi) is 6.16. The van der Waals surface area contributed by atoms with Crippen LogP contribution in [0.1, 0.15) is 42.0 Å². The lowest BCUT2D eigenvalue weighted by Crippen LogP contribution is -2.25. The maximum Gasteiger partial charge on any atom is 0.123 e. The summed E-state index contributed by atoms with van der Waals surface area (Å²) in [5, 5.41) is 11.9. The van der Waals surface area contributed by atoms with Crippen LogP contribution in [-0.2, 0) is 0 Å². The zero-order chi connectivity index (χ0) is 18.4. The molecule has 0 aliphatic heterocycles. The summed E-state index contributed by atoms with van der Waals surface area (Å²) in [6.07, 6.45) is 0.788. The molecule has 0 aliphatic rings. The molecule has 1 atom stereocenters. The van der Waals surface area contributed by atoms with E-state index in [4.69, 9.17) is 0 Å². The van der Waals surface area contributed by atoms with Gasteiger partial charge in [0.15, 0.2) is 0 Å². The van der Waals surface area contributed by atoms with Gasteiger partial charge >= 0.3 is 0 Å². The molecule has 134 valence electrons. The Hall–Kier alpha value is -2.49. The second-order valence-electron chi connectivity index (χ2n) is 6.55. The second-order valence-corrected chi connectivity index (χ2v) is 6.55. The van der Waals surface area contributed by atoms with Crippen molar-refractivity contribution in [3.05, 3.63) is 107 Å². The summed E-state index contributed by atoms with van der Waals surface area (Å²) in [5.41, 5.74) is 3.37. The van der Waals surface area contributed by atoms with Gasteiger partial charge < -0.3 is 5.21 Å². The second kappa shape index (κ2) is 8.75. The molecule has 0 spiro atoms. The average Bonchev–Trinajstić information content (AvgIpc) is 2.69. The fourth-order valence-corrected chi connectivity index (χ4v) is 3.26. The zero-order valence-corrected chi connectivity index (χ0v) is 14.9. The Morgan fingerprint density at radius 1 is 0.769 bits per heavy atom. The molecule has 3 rings (SSSR count). The Labute approximate surface area is 154 Å². The van der Waals surface area contributed by atoms with Gasteiger partial charge in [0.05, 0.1) is 6.04 Å². The highest BCUT2D eigenvalue weighted by molar-refractivity contribution is 5.32. The van der Waals surface area contributed by atoms with E-state index in [1.54, 1.807) is 12.1 Å². The molecule has 0 saturated carbocycles. The van der Waals surface area contributed by atoms with Crippen molar-refractivity contribution in [2.24, 2.45) is 0 Å². The third kappa shape index (κ3) is 4.57. The van der Waals surface area contributed by atoms with Gasteiger partial charge in [0.1, 0.15) is 5.82 Å². The highest BCUT2D eigenvalue weighted by atomic mass is 19.1. The van der Waals surface area contributed by atoms with Crippen molar-refractivity contribution in [2.75, 3.05) is 6.54 Å². The third-order valence-electron chi connectivity index (χ3n) is 4.85. The van der Waals surface area contributed by atoms with Gasteiger partial charge in [0, 0.05) is 12.5 Å². The number of hydrogen-bond acceptors (Lipinski definition) is 2. The Morgan fingerprint density at radius 2 is 1.27 bits per heavy atom. The molecule has 1 unspecified atom stereocenters. The van der Waals surface area contributed by atoms with E-state index in [-0.39, 0.29) is 17.8 Å². The molecule has 3 aromatic carbocycles. The fourth-order valence-electron chi connectivity index (χ4n) is 3.26. The van der Waals surface area contributed by atoms with Crippen LogP contribution in [0, 0.1) is 5.82 Å². The molecule has 0 amide bonds. The highest BCUT2D eigenvalue weighted by Crippen LogP contribution is 2.29. The van der Waals surface area contributed by atoms with Crippen molar-refractivity contribution >= 4 is 0 Å². The first kappa shape index (κ1) is 18.3. The molecule has 0 radical (unpaired) electrons. The molecule has 3 aromatic rings. The summed E-state index contributed by atoms with van der Waals surface area (Å²) >= 11 is 0. The molecule has 0 aromatic heterocycles. The molecular formula is C23H24FNO. The van der Waals surface area contributed by atoms with Gasteiger partial charge in [-0.05, 0) is 42.2 Å². The van der Waals surface area contributed by atoms with Crippen molar-refractivity contribution < 1.29 is 9.60 Å². The lowest BCUT2D eigenvalue weighted by atomic mass is 9.88. The molecule has 2 nitrogen and oxygen atoms in total. The predicted octanol–water partition coefficient (Wildman–Crippen LogP) is 5.80. The minimum absolute atomic E-state index is 0.192. The largest absolute Gasteiger partial charge is 0.313 e. The van der Waals surface area contributed by atoms with E-state index in [1.807, 2.05) is 43.3 Å². The molecule has 0 saturated heterocycles. The molecule has 0 bridgehead atoms. The Balaban J connectivity index is 1.72. The molecule has 0 fully saturated rings. The highest BCUT2D eigenvalue weighted by Gasteiger charge is 2.18. The summed E-state index contributed by atoms with van der Waals surface area (Å²) in [7, 11) is 0. The van der Waals surface area contributed by atoms with E-state index in [9.17, 15) is 9.60 Å². The number of benzene rings is 3. The van der Waals surface area contributed by atoms with E-state index in [2.05, 4.69) is 24.3 Å². The Bertz CT molecular complexity index is 750. The first-order valence-electron chi connectivity index (χ1n) is 8.96. The normalized spacial score (nSPS) is 12.5. The smallest absolute Gasteiger partial charge is 0.123 e. The summed E-state index contributed by atoms with van der Waals surface area (Å²) in [6, 6.07) is 26.8. The van der Waals surface area contributed by atoms with Crippen LogP contribution >= 0.6 is 0 Å². The van der Waals surface area contributed by atoms with Gasteiger partial charge in [-0.1, -0.05) is 72.8 Å². The molecule has 0 aliphatic carbocycles. The lowest BCUT2D eigenvalue weighted by molar-refractivity contribution is -0.124. The average molecular weight is 349 g/mol. The van der Waals surface area contributed by atoms with Crippen molar-refractivity contribution in [3.8, 4) is 0 Å². The van der Waals surface area contributed by atoms with E-state index in [0.717, 1.165) is 12.0 Å². The summed E-state index contributed by atoms with van der Waals surface area (Å²) in [5.74, 6) is -0.0499. The Morgan fingerprint density at radius 3 is 1.77 bits per heavy atom. The van der Waals surface area contributed by atoms with E-state index in [0.29, 0.717) is 6.54 Å². The summed E-state index contributed by atoms with van der Waals surface area (Å²) in [6.45, 7) is 2.44. The quantitative estimate of drug-likeness (QED) is 0.545. The predicted molar refractivity (Wildman–Crippen MR) is 103 cm³/mol. The van der Waals surface area contributed by atoms with Gasteiger partial charge in [0.2, 0.25) is 0 Å². The summed E-state index contributed by atoms with van der Waals surface area (Å²) < 4.78 is 13.1. The molecule has 0 heterocycles. The number of nitrogens with zero attached hydrogens (tertiary/aromatic N) is 1. The van der Waals surface area contributed by atoms with Crippen LogP contribution in [0.3, 0.4) is 0 Å². The van der Waals surface area contributed by atoms with Crippen LogP contribution in [0.2, 0.25) is 0 Å². The fraction of sp³-hybridized carbons (Fsp3) is 0.217. The van der Waals surface area contributed by atoms with E-state index in [1.165, 1.54) is 28.3 Å². The van der Waals surface area contributed by atoms with Crippen molar-refractivity contribution in [1.29, 1.82) is 0 Å². The maximum absolute atomic E-state index is 13.1. The van der Waals surface area contributed by atoms with Gasteiger partial charge in [0.25, 0.3) is 0 Å². The van der Waals surface area contributed by atoms with Gasteiger partial charge in [-0.3, -0.25) is 0 Å². The minimum atomic E-state index is -0.265. The number of rotatable bonds is 7. The van der Waals surface area contributed by atoms with Crippen molar-refractivity contribution in [1.82, 2.24) is 5.06 Å². The van der Waals surface area contributed by atoms with Gasteiger partial charge in [-0.2, -0.15) is 5.06 Å². The van der Waals surface area contributed by atoms with E-state index < -0.39 is 0 Å². The molecular weight excluding hydrogens is 325 g/mol. The van der Waals surface area contributed by atoms with Crippen LogP contribution in [0.5, 0.6) is 0 Å². The van der Waals surface area contributed by atoms with E-state index >= 15 is 0 Å². The van der Waals surface area contributed by atoms with Gasteiger partial charge in [-0.25, -0.2) is 4.39 Å². The van der Waals surface area contributed by atoms with Crippen LogP contribution in [0.4, 0.5) is 4.39 Å². The molecule has 3 heteroatoms. The number of halogens is 1.